The lowest BCUT2D eigenvalue weighted by Crippen LogP contribution is -2.50. The van der Waals surface area contributed by atoms with Crippen LogP contribution in [0.1, 0.15) is 36.0 Å². The number of anilines is 1. The molecular weight excluding hydrogens is 459 g/mol. The largest absolute Gasteiger partial charge is 0.620 e. The van der Waals surface area contributed by atoms with Gasteiger partial charge in [-0.15, -0.1) is 0 Å². The second kappa shape index (κ2) is 9.93. The molecule has 2 aliphatic rings. The lowest BCUT2D eigenvalue weighted by atomic mass is 9.99. The van der Waals surface area contributed by atoms with E-state index in [1.807, 2.05) is 43.0 Å². The van der Waals surface area contributed by atoms with Gasteiger partial charge in [0.2, 0.25) is 17.7 Å². The number of aryl methyl sites for hydroxylation is 2. The van der Waals surface area contributed by atoms with Gasteiger partial charge in [-0.3, -0.25) is 14.8 Å². The summed E-state index contributed by atoms with van der Waals surface area (Å²) in [6.45, 7) is 6.39. The summed E-state index contributed by atoms with van der Waals surface area (Å²) in [6, 6.07) is 12.1. The van der Waals surface area contributed by atoms with Gasteiger partial charge in [0.15, 0.2) is 0 Å². The average Bonchev–Trinajstić information content (AvgIpc) is 3.27. The zero-order valence-corrected chi connectivity index (χ0v) is 20.7. The van der Waals surface area contributed by atoms with E-state index in [9.17, 15) is 14.4 Å². The summed E-state index contributed by atoms with van der Waals surface area (Å²) in [5.41, 5.74) is 4.33. The van der Waals surface area contributed by atoms with Gasteiger partial charge in [-0.2, -0.15) is 4.98 Å². The van der Waals surface area contributed by atoms with Crippen molar-refractivity contribution in [2.24, 2.45) is 0 Å². The van der Waals surface area contributed by atoms with E-state index in [2.05, 4.69) is 10.6 Å². The molecule has 3 heterocycles. The van der Waals surface area contributed by atoms with Crippen LogP contribution in [0.15, 0.2) is 42.5 Å². The first-order valence-electron chi connectivity index (χ1n) is 12.4. The highest BCUT2D eigenvalue weighted by Crippen LogP contribution is 2.42. The van der Waals surface area contributed by atoms with Crippen LogP contribution in [0.3, 0.4) is 0 Å². The van der Waals surface area contributed by atoms with Crippen LogP contribution in [-0.2, 0) is 11.3 Å². The maximum atomic E-state index is 14.4. The van der Waals surface area contributed by atoms with Gasteiger partial charge in [0, 0.05) is 49.8 Å². The maximum Gasteiger partial charge on any atom is 0.243 e. The Morgan fingerprint density at radius 3 is 2.75 bits per heavy atom. The van der Waals surface area contributed by atoms with E-state index in [1.165, 1.54) is 12.1 Å². The van der Waals surface area contributed by atoms with E-state index in [1.54, 1.807) is 6.07 Å². The van der Waals surface area contributed by atoms with Gasteiger partial charge in [0.05, 0.1) is 11.3 Å². The summed E-state index contributed by atoms with van der Waals surface area (Å²) in [5.74, 6) is 0.622. The number of para-hydroxylation sites is 1. The summed E-state index contributed by atoms with van der Waals surface area (Å²) in [4.78, 5) is 23.3. The summed E-state index contributed by atoms with van der Waals surface area (Å²) < 4.78 is 13.1. The van der Waals surface area contributed by atoms with E-state index in [0.717, 1.165) is 36.1 Å². The number of benzene rings is 2. The number of nitrogens with one attached hydrogen (secondary N) is 2. The van der Waals surface area contributed by atoms with Crippen molar-refractivity contribution in [3.63, 3.8) is 0 Å². The fourth-order valence-electron chi connectivity index (χ4n) is 5.12. The number of aromatic nitrogens is 2. The van der Waals surface area contributed by atoms with Gasteiger partial charge >= 0.3 is 0 Å². The number of nitrogens with zero attached hydrogens (tertiary/aromatic N) is 4. The topological polar surface area (TPSA) is 93.2 Å². The number of carbonyl (C=O) groups is 1. The van der Waals surface area contributed by atoms with E-state index in [-0.39, 0.29) is 18.4 Å². The fraction of sp³-hybridized carbons (Fsp3) is 0.370. The molecule has 1 aromatic heterocycles. The van der Waals surface area contributed by atoms with Gasteiger partial charge in [0.1, 0.15) is 18.2 Å². The van der Waals surface area contributed by atoms with E-state index in [4.69, 9.17) is 9.97 Å². The Balaban J connectivity index is 1.53. The lowest BCUT2D eigenvalue weighted by molar-refractivity contribution is -0.127. The predicted octanol–water partition coefficient (Wildman–Crippen LogP) is 4.52. The molecule has 3 aromatic rings. The van der Waals surface area contributed by atoms with Crippen LogP contribution >= 0.6 is 0 Å². The van der Waals surface area contributed by atoms with E-state index < -0.39 is 4.65 Å². The minimum absolute atomic E-state index is 0.146. The van der Waals surface area contributed by atoms with Crippen LogP contribution in [0, 0.1) is 24.9 Å². The van der Waals surface area contributed by atoms with Gasteiger partial charge < -0.3 is 15.4 Å². The van der Waals surface area contributed by atoms with E-state index in [0.29, 0.717) is 54.8 Å². The third-order valence-electron chi connectivity index (χ3n) is 6.97. The Morgan fingerprint density at radius 2 is 2.00 bits per heavy atom. The number of carbonyl (C=O) groups excluding carboxylic acids is 1. The molecule has 1 fully saturated rings. The molecule has 9 heteroatoms. The Morgan fingerprint density at radius 1 is 1.17 bits per heavy atom. The second-order valence-corrected chi connectivity index (χ2v) is 9.53. The Kier molecular flexibility index (Phi) is 6.70. The number of likely N-dealkylation sites (tertiary alicyclic amines) is 1. The smallest absolute Gasteiger partial charge is 0.243 e. The molecule has 1 unspecified atom stereocenters. The molecule has 0 spiro atoms. The van der Waals surface area contributed by atoms with Crippen molar-refractivity contribution in [2.45, 2.75) is 39.7 Å². The quantitative estimate of drug-likeness (QED) is 0.287. The molecule has 0 bridgehead atoms. The van der Waals surface area contributed by atoms with Gasteiger partial charge in [-0.05, 0) is 50.5 Å². The highest BCUT2D eigenvalue weighted by atomic mass is 19.1. The van der Waals surface area contributed by atoms with Crippen molar-refractivity contribution in [1.29, 1.82) is 0 Å². The van der Waals surface area contributed by atoms with Crippen molar-refractivity contribution in [2.75, 3.05) is 31.6 Å². The maximum absolute atomic E-state index is 14.4. The zero-order chi connectivity index (χ0) is 25.3. The minimum atomic E-state index is -0.755. The van der Waals surface area contributed by atoms with Gasteiger partial charge in [-0.25, -0.2) is 9.37 Å². The summed E-state index contributed by atoms with van der Waals surface area (Å²) in [7, 11) is 0. The number of amides is 1. The summed E-state index contributed by atoms with van der Waals surface area (Å²) >= 11 is 0. The number of halogens is 1. The standard InChI is InChI=1S/C27H31FN6O2/c1-18-7-3-4-8-23(18)34(36)17-29-16-22-25(21-11-10-20(28)15-19(21)2)31-27(32-26(22)34)30-12-6-14-33-13-5-9-24(33)35/h3-4,7-8,10-11,15,29H,5-6,9,12-14,16-17H2,1-2H3,(H,30,31,32). The van der Waals surface area contributed by atoms with Gasteiger partial charge in [-0.1, -0.05) is 18.2 Å². The molecule has 2 aliphatic heterocycles. The van der Waals surface area contributed by atoms with Crippen LogP contribution in [0.2, 0.25) is 0 Å². The molecule has 2 aromatic carbocycles. The zero-order valence-electron chi connectivity index (χ0n) is 20.7. The predicted molar refractivity (Wildman–Crippen MR) is 139 cm³/mol. The molecule has 0 radical (unpaired) electrons. The van der Waals surface area contributed by atoms with Crippen molar-refractivity contribution in [1.82, 2.24) is 24.8 Å². The molecule has 2 N–H and O–H groups in total. The first-order chi connectivity index (χ1) is 17.4. The number of hydrogen-bond acceptors (Lipinski definition) is 6. The van der Waals surface area contributed by atoms with Crippen molar-refractivity contribution >= 4 is 23.4 Å². The van der Waals surface area contributed by atoms with Gasteiger partial charge in [0.25, 0.3) is 0 Å². The number of hydrogen-bond donors (Lipinski definition) is 2. The molecule has 0 saturated carbocycles. The van der Waals surface area contributed by atoms with Crippen molar-refractivity contribution < 1.29 is 9.18 Å². The molecule has 1 amide bonds. The van der Waals surface area contributed by atoms with Crippen LogP contribution in [-0.4, -0.2) is 47.1 Å². The summed E-state index contributed by atoms with van der Waals surface area (Å²) in [6.07, 6.45) is 2.28. The highest BCUT2D eigenvalue weighted by Gasteiger charge is 2.36. The summed E-state index contributed by atoms with van der Waals surface area (Å²) in [5, 5.41) is 21.0. The van der Waals surface area contributed by atoms with Crippen LogP contribution < -0.4 is 15.3 Å². The number of rotatable bonds is 7. The first-order valence-corrected chi connectivity index (χ1v) is 12.4. The SMILES string of the molecule is Cc1cc(F)ccc1-c1nc(NCCCN2CCCC2=O)nc2c1CNC[N+]2([O-])c1ccccc1C. The molecule has 1 atom stereocenters. The Hall–Kier alpha value is -3.40. The van der Waals surface area contributed by atoms with E-state index >= 15 is 0 Å². The number of quaternary nitrogens is 1. The Bertz CT molecular complexity index is 1300. The molecule has 36 heavy (non-hydrogen) atoms. The number of fused-ring (bicyclic) bond motifs is 1. The minimum Gasteiger partial charge on any atom is -0.620 e. The molecular formula is C27H31FN6O2. The third kappa shape index (κ3) is 4.57. The average molecular weight is 491 g/mol. The molecule has 8 nitrogen and oxygen atoms in total. The molecule has 188 valence electrons. The second-order valence-electron chi connectivity index (χ2n) is 9.53. The van der Waals surface area contributed by atoms with Crippen LogP contribution in [0.5, 0.6) is 0 Å². The van der Waals surface area contributed by atoms with Crippen molar-refractivity contribution in [3.8, 4) is 11.3 Å². The number of hydroxylamine groups is 1. The fourth-order valence-corrected chi connectivity index (χ4v) is 5.12. The molecule has 1 saturated heterocycles. The van der Waals surface area contributed by atoms with Crippen LogP contribution in [0.4, 0.5) is 21.8 Å². The Labute approximate surface area is 210 Å². The molecule has 5 rings (SSSR count). The molecule has 0 aliphatic carbocycles. The highest BCUT2D eigenvalue weighted by molar-refractivity contribution is 5.78. The first kappa shape index (κ1) is 24.3. The third-order valence-corrected chi connectivity index (χ3v) is 6.97. The lowest BCUT2D eigenvalue weighted by Gasteiger charge is -2.44. The van der Waals surface area contributed by atoms with Crippen molar-refractivity contribution in [3.05, 3.63) is 70.2 Å². The monoisotopic (exact) mass is 490 g/mol. The normalized spacial score (nSPS) is 19.4. The van der Waals surface area contributed by atoms with Crippen LogP contribution in [0.25, 0.3) is 11.3 Å².